The van der Waals surface area contributed by atoms with E-state index in [0.717, 1.165) is 22.3 Å². The van der Waals surface area contributed by atoms with E-state index in [0.29, 0.717) is 0 Å². The second-order valence-electron chi connectivity index (χ2n) is 6.45. The highest BCUT2D eigenvalue weighted by molar-refractivity contribution is 5.83. The van der Waals surface area contributed by atoms with Crippen molar-refractivity contribution >= 4 is 24.7 Å². The van der Waals surface area contributed by atoms with Gasteiger partial charge in [-0.25, -0.2) is 14.6 Å². The van der Waals surface area contributed by atoms with Gasteiger partial charge in [0.05, 0.1) is 0 Å². The molecule has 0 radical (unpaired) electrons. The standard InChI is InChI=1S/C21H20N2O5/c1-22-19(24)11-10-18(20(25)26)23-21(27)28-12-17-15-8-4-2-6-13(15)14-7-3-5-9-16(14)17/h2-9,17-18H,1,10-12H2,(H,23,27)(H,25,26)/t18-/m0/s1. The van der Waals surface area contributed by atoms with E-state index in [1.165, 1.54) is 0 Å². The molecule has 1 aliphatic rings. The predicted octanol–water partition coefficient (Wildman–Crippen LogP) is 2.99. The number of amides is 2. The molecular weight excluding hydrogens is 360 g/mol. The van der Waals surface area contributed by atoms with Gasteiger partial charge in [0.1, 0.15) is 12.6 Å². The Morgan fingerprint density at radius 3 is 2.18 bits per heavy atom. The van der Waals surface area contributed by atoms with Crippen LogP contribution in [0, 0.1) is 0 Å². The number of carbonyl (C=O) groups is 3. The molecule has 0 spiro atoms. The third-order valence-electron chi connectivity index (χ3n) is 4.76. The summed E-state index contributed by atoms with van der Waals surface area (Å²) in [5, 5.41) is 11.5. The number of hydrogen-bond donors (Lipinski definition) is 2. The van der Waals surface area contributed by atoms with Crippen LogP contribution in [0.4, 0.5) is 4.79 Å². The van der Waals surface area contributed by atoms with Gasteiger partial charge in [0.15, 0.2) is 0 Å². The average Bonchev–Trinajstić information content (AvgIpc) is 3.03. The first-order valence-corrected chi connectivity index (χ1v) is 8.85. The van der Waals surface area contributed by atoms with Crippen molar-refractivity contribution in [3.05, 3.63) is 59.7 Å². The van der Waals surface area contributed by atoms with Gasteiger partial charge >= 0.3 is 12.1 Å². The van der Waals surface area contributed by atoms with E-state index in [1.54, 1.807) is 0 Å². The Bertz CT molecular complexity index is 879. The van der Waals surface area contributed by atoms with Crippen molar-refractivity contribution in [2.45, 2.75) is 24.8 Å². The molecule has 2 aromatic carbocycles. The highest BCUT2D eigenvalue weighted by Gasteiger charge is 2.29. The molecule has 144 valence electrons. The summed E-state index contributed by atoms with van der Waals surface area (Å²) in [7, 11) is 0. The van der Waals surface area contributed by atoms with Crippen molar-refractivity contribution in [2.75, 3.05) is 6.61 Å². The zero-order valence-electron chi connectivity index (χ0n) is 15.1. The van der Waals surface area contributed by atoms with Crippen molar-refractivity contribution in [1.29, 1.82) is 0 Å². The normalized spacial score (nSPS) is 13.1. The second kappa shape index (κ2) is 8.47. The van der Waals surface area contributed by atoms with Gasteiger partial charge in [-0.3, -0.25) is 4.79 Å². The Hall–Kier alpha value is -3.48. The molecule has 0 saturated heterocycles. The highest BCUT2D eigenvalue weighted by Crippen LogP contribution is 2.44. The van der Waals surface area contributed by atoms with Crippen molar-refractivity contribution in [2.24, 2.45) is 4.99 Å². The summed E-state index contributed by atoms with van der Waals surface area (Å²) in [6.07, 6.45) is -1.05. The van der Waals surface area contributed by atoms with Crippen LogP contribution in [0.3, 0.4) is 0 Å². The number of fused-ring (bicyclic) bond motifs is 3. The van der Waals surface area contributed by atoms with Crippen LogP contribution in [0.1, 0.15) is 29.9 Å². The zero-order valence-corrected chi connectivity index (χ0v) is 15.1. The molecule has 0 bridgehead atoms. The number of carbonyl (C=O) groups excluding carboxylic acids is 2. The topological polar surface area (TPSA) is 105 Å². The number of hydrogen-bond acceptors (Lipinski definition) is 4. The molecule has 0 fully saturated rings. The SMILES string of the molecule is C=NC(=O)CC[C@H](NC(=O)OCC1c2ccccc2-c2ccccc21)C(=O)O. The number of benzene rings is 2. The van der Waals surface area contributed by atoms with Gasteiger partial charge in [-0.15, -0.1) is 0 Å². The summed E-state index contributed by atoms with van der Waals surface area (Å²) in [6.45, 7) is 3.18. The fraction of sp³-hybridized carbons (Fsp3) is 0.238. The summed E-state index contributed by atoms with van der Waals surface area (Å²) >= 11 is 0. The fourth-order valence-corrected chi connectivity index (χ4v) is 3.39. The van der Waals surface area contributed by atoms with E-state index in [9.17, 15) is 19.5 Å². The summed E-state index contributed by atoms with van der Waals surface area (Å²) in [5.74, 6) is -1.89. The van der Waals surface area contributed by atoms with Crippen LogP contribution in [-0.4, -0.2) is 42.4 Å². The van der Waals surface area contributed by atoms with Crippen LogP contribution in [0.25, 0.3) is 11.1 Å². The number of aliphatic carboxylic acids is 1. The number of nitrogens with zero attached hydrogens (tertiary/aromatic N) is 1. The molecule has 0 aromatic heterocycles. The van der Waals surface area contributed by atoms with Crippen LogP contribution in [0.2, 0.25) is 0 Å². The molecule has 1 atom stereocenters. The highest BCUT2D eigenvalue weighted by atomic mass is 16.5. The Kier molecular flexibility index (Phi) is 5.84. The fourth-order valence-electron chi connectivity index (χ4n) is 3.39. The molecular formula is C21H20N2O5. The quantitative estimate of drug-likeness (QED) is 0.719. The molecule has 7 heteroatoms. The maximum atomic E-state index is 12.1. The van der Waals surface area contributed by atoms with Crippen LogP contribution >= 0.6 is 0 Å². The number of aliphatic imine (C=N–C) groups is 1. The zero-order chi connectivity index (χ0) is 20.1. The number of rotatable bonds is 7. The lowest BCUT2D eigenvalue weighted by Gasteiger charge is -2.17. The third-order valence-corrected chi connectivity index (χ3v) is 4.76. The van der Waals surface area contributed by atoms with Crippen molar-refractivity contribution in [1.82, 2.24) is 5.32 Å². The maximum absolute atomic E-state index is 12.1. The van der Waals surface area contributed by atoms with E-state index in [-0.39, 0.29) is 25.4 Å². The molecule has 2 aromatic rings. The lowest BCUT2D eigenvalue weighted by atomic mass is 9.98. The predicted molar refractivity (Wildman–Crippen MR) is 103 cm³/mol. The summed E-state index contributed by atoms with van der Waals surface area (Å²) < 4.78 is 5.32. The molecule has 2 N–H and O–H groups in total. The Morgan fingerprint density at radius 1 is 1.07 bits per heavy atom. The van der Waals surface area contributed by atoms with Crippen molar-refractivity contribution < 1.29 is 24.2 Å². The summed E-state index contributed by atoms with van der Waals surface area (Å²) in [5.41, 5.74) is 4.33. The molecule has 28 heavy (non-hydrogen) atoms. The summed E-state index contributed by atoms with van der Waals surface area (Å²) in [4.78, 5) is 37.8. The molecule has 0 aliphatic heterocycles. The monoisotopic (exact) mass is 380 g/mol. The molecule has 1 aliphatic carbocycles. The largest absolute Gasteiger partial charge is 0.480 e. The number of ether oxygens (including phenoxy) is 1. The van der Waals surface area contributed by atoms with Crippen LogP contribution in [-0.2, 0) is 14.3 Å². The molecule has 2 amide bonds. The third kappa shape index (κ3) is 4.09. The number of carboxylic acids is 1. The van der Waals surface area contributed by atoms with Crippen molar-refractivity contribution in [3.8, 4) is 11.1 Å². The second-order valence-corrected chi connectivity index (χ2v) is 6.45. The maximum Gasteiger partial charge on any atom is 0.407 e. The average molecular weight is 380 g/mol. The molecule has 7 nitrogen and oxygen atoms in total. The minimum Gasteiger partial charge on any atom is -0.480 e. The van der Waals surface area contributed by atoms with E-state index in [4.69, 9.17) is 4.74 Å². The van der Waals surface area contributed by atoms with Gasteiger partial charge in [-0.1, -0.05) is 48.5 Å². The first kappa shape index (κ1) is 19.3. The van der Waals surface area contributed by atoms with E-state index >= 15 is 0 Å². The van der Waals surface area contributed by atoms with Gasteiger partial charge in [0.25, 0.3) is 0 Å². The lowest BCUT2D eigenvalue weighted by molar-refractivity contribution is -0.139. The van der Waals surface area contributed by atoms with E-state index in [2.05, 4.69) is 17.0 Å². The van der Waals surface area contributed by atoms with Gasteiger partial charge in [-0.05, 0) is 35.4 Å². The Balaban J connectivity index is 1.65. The Morgan fingerprint density at radius 2 is 1.64 bits per heavy atom. The smallest absolute Gasteiger partial charge is 0.407 e. The van der Waals surface area contributed by atoms with Crippen LogP contribution in [0.5, 0.6) is 0 Å². The van der Waals surface area contributed by atoms with Gasteiger partial charge in [0, 0.05) is 12.3 Å². The molecule has 0 heterocycles. The van der Waals surface area contributed by atoms with Crippen LogP contribution < -0.4 is 5.32 Å². The Labute approximate surface area is 162 Å². The molecule has 0 saturated carbocycles. The van der Waals surface area contributed by atoms with E-state index in [1.807, 2.05) is 48.5 Å². The van der Waals surface area contributed by atoms with Gasteiger partial charge < -0.3 is 15.2 Å². The molecule has 0 unspecified atom stereocenters. The van der Waals surface area contributed by atoms with E-state index < -0.39 is 24.0 Å². The van der Waals surface area contributed by atoms with Crippen molar-refractivity contribution in [3.63, 3.8) is 0 Å². The minimum atomic E-state index is -1.25. The van der Waals surface area contributed by atoms with Gasteiger partial charge in [0.2, 0.25) is 5.91 Å². The van der Waals surface area contributed by atoms with Gasteiger partial charge in [-0.2, -0.15) is 0 Å². The number of alkyl carbamates (subject to hydrolysis) is 1. The number of carboxylic acid groups (broad SMARTS) is 1. The van der Waals surface area contributed by atoms with Crippen LogP contribution in [0.15, 0.2) is 53.5 Å². The summed E-state index contributed by atoms with van der Waals surface area (Å²) in [6, 6.07) is 14.6. The molecule has 3 rings (SSSR count). The minimum absolute atomic E-state index is 0.0827. The number of nitrogens with one attached hydrogen (secondary N) is 1. The first-order chi connectivity index (χ1) is 13.5. The lowest BCUT2D eigenvalue weighted by Crippen LogP contribution is -2.41. The first-order valence-electron chi connectivity index (χ1n) is 8.85.